The molecule has 0 spiro atoms. The fourth-order valence-electron chi connectivity index (χ4n) is 1.09. The smallest absolute Gasteiger partial charge is 0.489 e. The fraction of sp³-hybridized carbons (Fsp3) is 0.400. The second-order valence-electron chi connectivity index (χ2n) is 3.13. The van der Waals surface area contributed by atoms with Crippen LogP contribution in [0.25, 0.3) is 0 Å². The number of anilines is 1. The first-order chi connectivity index (χ1) is 7.40. The number of hydrogen-bond donors (Lipinski definition) is 1. The minimum Gasteiger partial charge on any atom is -0.489 e. The third-order valence-electron chi connectivity index (χ3n) is 1.89. The van der Waals surface area contributed by atoms with Crippen LogP contribution in [0.5, 0.6) is 5.75 Å². The second kappa shape index (κ2) is 5.07. The van der Waals surface area contributed by atoms with Gasteiger partial charge in [0, 0.05) is 0 Å². The van der Waals surface area contributed by atoms with Crippen molar-refractivity contribution in [1.29, 1.82) is 0 Å². The average Bonchev–Trinajstić information content (AvgIpc) is 2.17. The predicted octanol–water partition coefficient (Wildman–Crippen LogP) is 2.49. The Morgan fingerprint density at radius 1 is 1.25 bits per heavy atom. The molecule has 0 saturated heterocycles. The summed E-state index contributed by atoms with van der Waals surface area (Å²) in [7, 11) is 0. The van der Waals surface area contributed by atoms with Crippen molar-refractivity contribution in [2.24, 2.45) is 0 Å². The summed E-state index contributed by atoms with van der Waals surface area (Å²) in [6.07, 6.45) is -4.62. The maximum Gasteiger partial charge on any atom is 0.522 e. The minimum absolute atomic E-state index is 0.201. The van der Waals surface area contributed by atoms with Gasteiger partial charge in [0.1, 0.15) is 12.4 Å². The number of aryl methyl sites for hydroxylation is 1. The van der Waals surface area contributed by atoms with Crippen LogP contribution in [-0.2, 0) is 4.74 Å². The van der Waals surface area contributed by atoms with Crippen molar-refractivity contribution < 1.29 is 22.6 Å². The van der Waals surface area contributed by atoms with E-state index < -0.39 is 13.0 Å². The van der Waals surface area contributed by atoms with Crippen LogP contribution in [-0.4, -0.2) is 19.6 Å². The lowest BCUT2D eigenvalue weighted by atomic mass is 10.2. The maximum atomic E-state index is 11.6. The summed E-state index contributed by atoms with van der Waals surface area (Å²) in [4.78, 5) is 0. The van der Waals surface area contributed by atoms with E-state index in [9.17, 15) is 13.2 Å². The van der Waals surface area contributed by atoms with Gasteiger partial charge in [-0.2, -0.15) is 0 Å². The summed E-state index contributed by atoms with van der Waals surface area (Å²) in [5.41, 5.74) is 6.90. The number of nitrogen functional groups attached to an aromatic ring is 1. The van der Waals surface area contributed by atoms with Crippen LogP contribution in [0, 0.1) is 6.92 Å². The highest BCUT2D eigenvalue weighted by Crippen LogP contribution is 2.24. The molecule has 0 aromatic heterocycles. The van der Waals surface area contributed by atoms with Gasteiger partial charge in [0.05, 0.1) is 12.3 Å². The van der Waals surface area contributed by atoms with Crippen molar-refractivity contribution in [3.05, 3.63) is 23.8 Å². The third-order valence-corrected chi connectivity index (χ3v) is 1.89. The molecule has 0 aliphatic carbocycles. The van der Waals surface area contributed by atoms with Gasteiger partial charge in [0.15, 0.2) is 0 Å². The topological polar surface area (TPSA) is 44.5 Å². The Morgan fingerprint density at radius 3 is 2.56 bits per heavy atom. The Bertz CT molecular complexity index is 352. The van der Waals surface area contributed by atoms with Gasteiger partial charge in [0.25, 0.3) is 0 Å². The lowest BCUT2D eigenvalue weighted by Crippen LogP contribution is -2.18. The number of benzene rings is 1. The molecule has 0 heterocycles. The lowest BCUT2D eigenvalue weighted by molar-refractivity contribution is -0.325. The number of nitrogens with two attached hydrogens (primary N) is 1. The molecule has 2 N–H and O–H groups in total. The quantitative estimate of drug-likeness (QED) is 0.644. The third kappa shape index (κ3) is 3.98. The molecule has 0 aliphatic heterocycles. The monoisotopic (exact) mass is 235 g/mol. The first-order valence-corrected chi connectivity index (χ1v) is 4.59. The first kappa shape index (κ1) is 12.6. The Labute approximate surface area is 91.0 Å². The highest BCUT2D eigenvalue weighted by Gasteiger charge is 2.28. The number of ether oxygens (including phenoxy) is 2. The van der Waals surface area contributed by atoms with E-state index in [1.54, 1.807) is 25.1 Å². The van der Waals surface area contributed by atoms with Gasteiger partial charge in [-0.05, 0) is 18.6 Å². The summed E-state index contributed by atoms with van der Waals surface area (Å²) < 4.78 is 43.5. The van der Waals surface area contributed by atoms with Crippen LogP contribution in [0.4, 0.5) is 18.9 Å². The normalized spacial score (nSPS) is 11.5. The zero-order valence-corrected chi connectivity index (χ0v) is 8.67. The van der Waals surface area contributed by atoms with Crippen LogP contribution in [0.3, 0.4) is 0 Å². The fourth-order valence-corrected chi connectivity index (χ4v) is 1.09. The molecule has 1 rings (SSSR count). The molecular formula is C10H12F3NO2. The highest BCUT2D eigenvalue weighted by atomic mass is 19.4. The van der Waals surface area contributed by atoms with E-state index in [0.717, 1.165) is 5.56 Å². The van der Waals surface area contributed by atoms with E-state index in [0.29, 0.717) is 11.4 Å². The minimum atomic E-state index is -4.62. The Kier molecular flexibility index (Phi) is 4.00. The molecule has 6 heteroatoms. The molecular weight excluding hydrogens is 223 g/mol. The molecule has 0 fully saturated rings. The number of halogens is 3. The van der Waals surface area contributed by atoms with Crippen molar-refractivity contribution in [3.8, 4) is 5.75 Å². The molecule has 0 amide bonds. The van der Waals surface area contributed by atoms with Crippen molar-refractivity contribution in [1.82, 2.24) is 0 Å². The highest BCUT2D eigenvalue weighted by molar-refractivity contribution is 5.57. The van der Waals surface area contributed by atoms with Gasteiger partial charge in [-0.3, -0.25) is 4.74 Å². The van der Waals surface area contributed by atoms with E-state index in [1.807, 2.05) is 0 Å². The van der Waals surface area contributed by atoms with Gasteiger partial charge in [-0.15, -0.1) is 13.2 Å². The Morgan fingerprint density at radius 2 is 1.94 bits per heavy atom. The second-order valence-corrected chi connectivity index (χ2v) is 3.13. The van der Waals surface area contributed by atoms with E-state index in [2.05, 4.69) is 4.74 Å². The van der Waals surface area contributed by atoms with Crippen molar-refractivity contribution >= 4 is 5.69 Å². The lowest BCUT2D eigenvalue weighted by Gasteiger charge is -2.11. The number of para-hydroxylation sites is 1. The number of hydrogen-bond acceptors (Lipinski definition) is 3. The molecule has 1 aromatic carbocycles. The number of rotatable bonds is 4. The van der Waals surface area contributed by atoms with Crippen LogP contribution >= 0.6 is 0 Å². The molecule has 16 heavy (non-hydrogen) atoms. The van der Waals surface area contributed by atoms with Gasteiger partial charge in [-0.25, -0.2) is 0 Å². The summed E-state index contributed by atoms with van der Waals surface area (Å²) >= 11 is 0. The Hall–Kier alpha value is -1.43. The van der Waals surface area contributed by atoms with E-state index in [4.69, 9.17) is 10.5 Å². The van der Waals surface area contributed by atoms with Crippen LogP contribution < -0.4 is 10.5 Å². The predicted molar refractivity (Wildman–Crippen MR) is 53.1 cm³/mol. The summed E-state index contributed by atoms with van der Waals surface area (Å²) in [6.45, 7) is 1.03. The van der Waals surface area contributed by atoms with Gasteiger partial charge < -0.3 is 10.5 Å². The van der Waals surface area contributed by atoms with Gasteiger partial charge >= 0.3 is 6.36 Å². The van der Waals surface area contributed by atoms with E-state index >= 15 is 0 Å². The van der Waals surface area contributed by atoms with E-state index in [-0.39, 0.29) is 6.61 Å². The summed E-state index contributed by atoms with van der Waals surface area (Å²) in [5.74, 6) is 0.366. The standard InChI is InChI=1S/C10H12F3NO2/c1-7-3-2-4-8(9(7)14)15-5-6-16-10(11,12)13/h2-4H,5-6,14H2,1H3. The van der Waals surface area contributed by atoms with Crippen LogP contribution in [0.15, 0.2) is 18.2 Å². The van der Waals surface area contributed by atoms with Crippen LogP contribution in [0.1, 0.15) is 5.56 Å². The zero-order chi connectivity index (χ0) is 12.2. The molecule has 0 atom stereocenters. The SMILES string of the molecule is Cc1cccc(OCCOC(F)(F)F)c1N. The molecule has 0 saturated carbocycles. The average molecular weight is 235 g/mol. The summed E-state index contributed by atoms with van der Waals surface area (Å²) in [5, 5.41) is 0. The van der Waals surface area contributed by atoms with Crippen molar-refractivity contribution in [2.45, 2.75) is 13.3 Å². The molecule has 0 bridgehead atoms. The van der Waals surface area contributed by atoms with Gasteiger partial charge in [0.2, 0.25) is 0 Å². The largest absolute Gasteiger partial charge is 0.522 e. The Balaban J connectivity index is 2.41. The van der Waals surface area contributed by atoms with E-state index in [1.165, 1.54) is 0 Å². The molecule has 3 nitrogen and oxygen atoms in total. The molecule has 0 aliphatic rings. The molecule has 1 aromatic rings. The van der Waals surface area contributed by atoms with Gasteiger partial charge in [-0.1, -0.05) is 12.1 Å². The molecule has 90 valence electrons. The maximum absolute atomic E-state index is 11.6. The molecule has 0 radical (unpaired) electrons. The number of alkyl halides is 3. The molecule has 0 unspecified atom stereocenters. The van der Waals surface area contributed by atoms with Crippen molar-refractivity contribution in [3.63, 3.8) is 0 Å². The summed E-state index contributed by atoms with van der Waals surface area (Å²) in [6, 6.07) is 5.09. The van der Waals surface area contributed by atoms with Crippen molar-refractivity contribution in [2.75, 3.05) is 18.9 Å². The first-order valence-electron chi connectivity index (χ1n) is 4.59. The zero-order valence-electron chi connectivity index (χ0n) is 8.67. The van der Waals surface area contributed by atoms with Crippen LogP contribution in [0.2, 0.25) is 0 Å².